The Morgan fingerprint density at radius 1 is 1.27 bits per heavy atom. The van der Waals surface area contributed by atoms with Crippen LogP contribution in [0.25, 0.3) is 0 Å². The van der Waals surface area contributed by atoms with Crippen molar-refractivity contribution in [2.45, 2.75) is 32.6 Å². The summed E-state index contributed by atoms with van der Waals surface area (Å²) in [4.78, 5) is 4.78. The van der Waals surface area contributed by atoms with Crippen molar-refractivity contribution in [3.05, 3.63) is 23.4 Å². The molecule has 0 radical (unpaired) electrons. The Kier molecular flexibility index (Phi) is 5.89. The van der Waals surface area contributed by atoms with Crippen molar-refractivity contribution < 1.29 is 14.6 Å². The number of hydrogen-bond acceptors (Lipinski definition) is 5. The molecule has 0 saturated heterocycles. The van der Waals surface area contributed by atoms with Gasteiger partial charge in [0.05, 0.1) is 20.1 Å². The lowest BCUT2D eigenvalue weighted by Crippen LogP contribution is -2.25. The van der Waals surface area contributed by atoms with E-state index >= 15 is 0 Å². The number of hydrogen-bond donors (Lipinski definition) is 2. The number of rotatable bonds is 5. The Morgan fingerprint density at radius 2 is 2.00 bits per heavy atom. The molecule has 3 unspecified atom stereocenters. The minimum Gasteiger partial charge on any atom is -0.502 e. The van der Waals surface area contributed by atoms with Gasteiger partial charge in [0.25, 0.3) is 0 Å². The molecule has 1 fully saturated rings. The van der Waals surface area contributed by atoms with E-state index in [1.165, 1.54) is 32.8 Å². The highest BCUT2D eigenvalue weighted by Gasteiger charge is 2.28. The molecule has 0 aromatic heterocycles. The van der Waals surface area contributed by atoms with E-state index in [4.69, 9.17) is 20.2 Å². The molecule has 124 valence electrons. The monoisotopic (exact) mass is 308 g/mol. The summed E-state index contributed by atoms with van der Waals surface area (Å²) in [6.07, 6.45) is 6.70. The van der Waals surface area contributed by atoms with E-state index in [9.17, 15) is 5.11 Å². The van der Waals surface area contributed by atoms with Gasteiger partial charge in [-0.2, -0.15) is 0 Å². The van der Waals surface area contributed by atoms with Crippen LogP contribution in [-0.4, -0.2) is 38.1 Å². The highest BCUT2D eigenvalue weighted by atomic mass is 16.5. The average Bonchev–Trinajstić information content (AvgIpc) is 2.55. The van der Waals surface area contributed by atoms with Crippen LogP contribution in [0, 0.1) is 17.8 Å². The van der Waals surface area contributed by atoms with E-state index in [0.717, 1.165) is 18.8 Å². The van der Waals surface area contributed by atoms with E-state index in [-0.39, 0.29) is 11.7 Å². The topological polar surface area (TPSA) is 77.1 Å². The summed E-state index contributed by atoms with van der Waals surface area (Å²) in [6.45, 7) is 3.57. The molecule has 0 bridgehead atoms. The maximum atomic E-state index is 10.1. The van der Waals surface area contributed by atoms with Crippen LogP contribution in [0.5, 0.6) is 0 Å². The average molecular weight is 308 g/mol. The molecule has 5 heteroatoms. The summed E-state index contributed by atoms with van der Waals surface area (Å²) < 4.78 is 10.5. The molecule has 22 heavy (non-hydrogen) atoms. The van der Waals surface area contributed by atoms with Gasteiger partial charge in [0.2, 0.25) is 0 Å². The molecule has 0 heterocycles. The highest BCUT2D eigenvalue weighted by molar-refractivity contribution is 6.00. The van der Waals surface area contributed by atoms with Gasteiger partial charge in [-0.25, -0.2) is 0 Å². The van der Waals surface area contributed by atoms with Gasteiger partial charge in [-0.05, 0) is 44.6 Å². The van der Waals surface area contributed by atoms with Crippen LogP contribution >= 0.6 is 0 Å². The van der Waals surface area contributed by atoms with E-state index in [0.29, 0.717) is 23.4 Å². The highest BCUT2D eigenvalue weighted by Crippen LogP contribution is 2.30. The lowest BCUT2D eigenvalue weighted by molar-refractivity contribution is 0.199. The maximum absolute atomic E-state index is 10.1. The van der Waals surface area contributed by atoms with Gasteiger partial charge in [0.1, 0.15) is 5.76 Å². The zero-order valence-electron chi connectivity index (χ0n) is 13.8. The third-order valence-electron chi connectivity index (χ3n) is 4.78. The Bertz CT molecular complexity index is 482. The Balaban J connectivity index is 2.09. The summed E-state index contributed by atoms with van der Waals surface area (Å²) in [7, 11) is 3.10. The zero-order chi connectivity index (χ0) is 16.1. The zero-order valence-corrected chi connectivity index (χ0v) is 13.8. The van der Waals surface area contributed by atoms with Crippen LogP contribution in [-0.2, 0) is 9.47 Å². The largest absolute Gasteiger partial charge is 0.502 e. The second-order valence-electron chi connectivity index (χ2n) is 6.25. The van der Waals surface area contributed by atoms with Crippen LogP contribution in [0.15, 0.2) is 28.3 Å². The molecule has 1 saturated carbocycles. The number of nitrogens with zero attached hydrogens (tertiary/aromatic N) is 1. The van der Waals surface area contributed by atoms with Gasteiger partial charge in [-0.1, -0.05) is 6.42 Å². The fraction of sp³-hybridized carbons (Fsp3) is 0.706. The van der Waals surface area contributed by atoms with Crippen LogP contribution in [0.4, 0.5) is 0 Å². The molecule has 2 rings (SSSR count). The van der Waals surface area contributed by atoms with Crippen molar-refractivity contribution in [3.63, 3.8) is 0 Å². The summed E-state index contributed by atoms with van der Waals surface area (Å²) in [6, 6.07) is 0. The second-order valence-corrected chi connectivity index (χ2v) is 6.25. The SMILES string of the molecule is COC1=CC(=NCC2CCCC(CN)C2)C(C)C(OC)=C1O. The molecule has 0 amide bonds. The summed E-state index contributed by atoms with van der Waals surface area (Å²) >= 11 is 0. The van der Waals surface area contributed by atoms with E-state index in [1.807, 2.05) is 13.0 Å². The van der Waals surface area contributed by atoms with E-state index < -0.39 is 0 Å². The molecular formula is C17H28N2O3. The minimum absolute atomic E-state index is 0.0576. The standard InChI is InChI=1S/C17H28N2O3/c1-11-14(8-15(21-2)16(20)17(11)22-3)19-10-13-6-4-5-12(7-13)9-18/h8,11-13,20H,4-7,9-10,18H2,1-3H3. The van der Waals surface area contributed by atoms with Gasteiger partial charge in [-0.3, -0.25) is 4.99 Å². The van der Waals surface area contributed by atoms with Crippen molar-refractivity contribution in [1.29, 1.82) is 0 Å². The number of nitrogens with two attached hydrogens (primary N) is 1. The molecule has 2 aliphatic carbocycles. The first-order chi connectivity index (χ1) is 10.6. The third kappa shape index (κ3) is 3.64. The minimum atomic E-state index is -0.0576. The van der Waals surface area contributed by atoms with Crippen LogP contribution in [0.3, 0.4) is 0 Å². The number of aliphatic hydroxyl groups excluding tert-OH is 1. The Hall–Kier alpha value is -1.49. The smallest absolute Gasteiger partial charge is 0.197 e. The van der Waals surface area contributed by atoms with Gasteiger partial charge < -0.3 is 20.3 Å². The quantitative estimate of drug-likeness (QED) is 0.818. The molecule has 0 aliphatic heterocycles. The number of allylic oxidation sites excluding steroid dienone is 2. The lowest BCUT2D eigenvalue weighted by Gasteiger charge is -2.28. The lowest BCUT2D eigenvalue weighted by atomic mass is 9.81. The maximum Gasteiger partial charge on any atom is 0.197 e. The number of methoxy groups -OCH3 is 2. The van der Waals surface area contributed by atoms with Gasteiger partial charge in [-0.15, -0.1) is 0 Å². The van der Waals surface area contributed by atoms with E-state index in [2.05, 4.69) is 0 Å². The molecule has 0 aromatic rings. The fourth-order valence-electron chi connectivity index (χ4n) is 3.42. The van der Waals surface area contributed by atoms with Crippen molar-refractivity contribution in [1.82, 2.24) is 0 Å². The second kappa shape index (κ2) is 7.68. The van der Waals surface area contributed by atoms with Gasteiger partial charge in [0.15, 0.2) is 11.5 Å². The Morgan fingerprint density at radius 3 is 2.64 bits per heavy atom. The molecular weight excluding hydrogens is 280 g/mol. The number of aliphatic hydroxyl groups is 1. The van der Waals surface area contributed by atoms with E-state index in [1.54, 1.807) is 7.11 Å². The van der Waals surface area contributed by atoms with Crippen molar-refractivity contribution >= 4 is 5.71 Å². The first-order valence-electron chi connectivity index (χ1n) is 8.08. The summed E-state index contributed by atoms with van der Waals surface area (Å²) in [5, 5.41) is 10.1. The van der Waals surface area contributed by atoms with Crippen LogP contribution < -0.4 is 5.73 Å². The van der Waals surface area contributed by atoms with Crippen molar-refractivity contribution in [2.24, 2.45) is 28.5 Å². The molecule has 0 aromatic carbocycles. The van der Waals surface area contributed by atoms with Crippen LogP contribution in [0.2, 0.25) is 0 Å². The molecule has 3 N–H and O–H groups in total. The predicted molar refractivity (Wildman–Crippen MR) is 87.7 cm³/mol. The van der Waals surface area contributed by atoms with Crippen molar-refractivity contribution in [3.8, 4) is 0 Å². The van der Waals surface area contributed by atoms with Crippen LogP contribution in [0.1, 0.15) is 32.6 Å². The number of aliphatic imine (C=N–C) groups is 1. The third-order valence-corrected chi connectivity index (χ3v) is 4.78. The van der Waals surface area contributed by atoms with Gasteiger partial charge in [0, 0.05) is 18.3 Å². The van der Waals surface area contributed by atoms with Gasteiger partial charge >= 0.3 is 0 Å². The molecule has 3 atom stereocenters. The normalized spacial score (nSPS) is 31.2. The first kappa shape index (κ1) is 16.9. The number of ether oxygens (including phenoxy) is 2. The first-order valence-corrected chi connectivity index (χ1v) is 8.08. The molecule has 5 nitrogen and oxygen atoms in total. The van der Waals surface area contributed by atoms with Crippen molar-refractivity contribution in [2.75, 3.05) is 27.3 Å². The molecule has 0 spiro atoms. The predicted octanol–water partition coefficient (Wildman–Crippen LogP) is 2.79. The Labute approximate surface area is 132 Å². The summed E-state index contributed by atoms with van der Waals surface area (Å²) in [5.41, 5.74) is 6.71. The summed E-state index contributed by atoms with van der Waals surface area (Å²) in [5.74, 6) is 2.19. The fourth-order valence-corrected chi connectivity index (χ4v) is 3.42. The molecule has 2 aliphatic rings.